The van der Waals surface area contributed by atoms with E-state index in [0.29, 0.717) is 11.6 Å². The third-order valence-corrected chi connectivity index (χ3v) is 2.31. The molecule has 0 radical (unpaired) electrons. The van der Waals surface area contributed by atoms with Crippen LogP contribution in [0, 0.1) is 0 Å². The summed E-state index contributed by atoms with van der Waals surface area (Å²) in [7, 11) is 0. The highest BCUT2D eigenvalue weighted by atomic mass is 79.9. The fourth-order valence-electron chi connectivity index (χ4n) is 0.782. The minimum absolute atomic E-state index is 0.488. The molecule has 1 aromatic rings. The van der Waals surface area contributed by atoms with Gasteiger partial charge >= 0.3 is 0 Å². The molecule has 0 heterocycles. The van der Waals surface area contributed by atoms with E-state index in [-0.39, 0.29) is 0 Å². The van der Waals surface area contributed by atoms with E-state index in [0.717, 1.165) is 10.0 Å². The van der Waals surface area contributed by atoms with Crippen LogP contribution < -0.4 is 0 Å². The second-order valence-corrected chi connectivity index (χ2v) is 3.65. The average Bonchev–Trinajstić information content (AvgIpc) is 2.07. The first-order valence-electron chi connectivity index (χ1n) is 3.21. The second-order valence-electron chi connectivity index (χ2n) is 2.14. The van der Waals surface area contributed by atoms with Crippen LogP contribution in [0.1, 0.15) is 5.56 Å². The molecule has 1 nitrogen and oxygen atoms in total. The van der Waals surface area contributed by atoms with Gasteiger partial charge in [0.1, 0.15) is 0 Å². The van der Waals surface area contributed by atoms with Crippen LogP contribution >= 0.6 is 39.7 Å². The van der Waals surface area contributed by atoms with Crippen molar-refractivity contribution in [1.82, 2.24) is 0 Å². The topological polar surface area (TPSA) is 12.4 Å². The van der Waals surface area contributed by atoms with Crippen molar-refractivity contribution in [2.75, 3.05) is 0 Å². The number of nitrogens with zero attached hydrogens (tertiary/aromatic N) is 1. The number of benzene rings is 1. The van der Waals surface area contributed by atoms with Gasteiger partial charge in [0.05, 0.1) is 11.7 Å². The summed E-state index contributed by atoms with van der Waals surface area (Å²) >= 11 is 13.7. The zero-order chi connectivity index (χ0) is 8.97. The van der Waals surface area contributed by atoms with Crippen molar-refractivity contribution in [1.29, 1.82) is 0 Å². The number of thiocarbonyl (C=S) groups is 1. The van der Waals surface area contributed by atoms with Gasteiger partial charge in [-0.05, 0) is 36.0 Å². The van der Waals surface area contributed by atoms with Gasteiger partial charge in [0.2, 0.25) is 0 Å². The third-order valence-electron chi connectivity index (χ3n) is 1.32. The first-order chi connectivity index (χ1) is 5.74. The summed E-state index contributed by atoms with van der Waals surface area (Å²) in [5.74, 6) is 0. The molecule has 0 aliphatic heterocycles. The van der Waals surface area contributed by atoms with E-state index in [2.05, 4.69) is 38.3 Å². The molecule has 0 aliphatic carbocycles. The highest BCUT2D eigenvalue weighted by Gasteiger charge is 1.98. The molecule has 0 unspecified atom stereocenters. The molecular weight excluding hydrogens is 258 g/mol. The fraction of sp³-hybridized carbons (Fsp3) is 0.125. The van der Waals surface area contributed by atoms with Gasteiger partial charge < -0.3 is 0 Å². The lowest BCUT2D eigenvalue weighted by Crippen LogP contribution is -1.82. The van der Waals surface area contributed by atoms with Gasteiger partial charge in [-0.15, -0.1) is 0 Å². The summed E-state index contributed by atoms with van der Waals surface area (Å²) in [5.41, 5.74) is 0.948. The molecule has 0 amide bonds. The zero-order valence-corrected chi connectivity index (χ0v) is 9.21. The summed E-state index contributed by atoms with van der Waals surface area (Å²) in [6.07, 6.45) is 0. The normalized spacial score (nSPS) is 9.17. The number of aliphatic imine (C=N–C) groups is 1. The lowest BCUT2D eigenvalue weighted by atomic mass is 10.2. The molecule has 1 rings (SSSR count). The van der Waals surface area contributed by atoms with Crippen LogP contribution in [0.5, 0.6) is 0 Å². The van der Waals surface area contributed by atoms with Crippen LogP contribution in [0.25, 0.3) is 0 Å². The lowest BCUT2D eigenvalue weighted by Gasteiger charge is -1.99. The van der Waals surface area contributed by atoms with Gasteiger partial charge in [-0.1, -0.05) is 27.5 Å². The Morgan fingerprint density at radius 2 is 2.33 bits per heavy atom. The summed E-state index contributed by atoms with van der Waals surface area (Å²) in [6.45, 7) is 0.488. The molecule has 12 heavy (non-hydrogen) atoms. The summed E-state index contributed by atoms with van der Waals surface area (Å²) in [5, 5.41) is 3.00. The molecule has 0 fully saturated rings. The van der Waals surface area contributed by atoms with Crippen LogP contribution in [0.2, 0.25) is 5.02 Å². The van der Waals surface area contributed by atoms with E-state index < -0.39 is 0 Å². The van der Waals surface area contributed by atoms with Crippen LogP contribution in [-0.4, -0.2) is 5.16 Å². The Labute approximate surface area is 89.6 Å². The third kappa shape index (κ3) is 2.68. The fourth-order valence-corrected chi connectivity index (χ4v) is 1.43. The second kappa shape index (κ2) is 4.73. The molecule has 0 saturated heterocycles. The number of isothiocyanates is 1. The molecule has 4 heteroatoms. The quantitative estimate of drug-likeness (QED) is 0.585. The van der Waals surface area contributed by atoms with Crippen LogP contribution in [0.4, 0.5) is 0 Å². The smallest absolute Gasteiger partial charge is 0.0758 e. The molecule has 0 aromatic heterocycles. The van der Waals surface area contributed by atoms with Crippen molar-refractivity contribution in [3.63, 3.8) is 0 Å². The number of rotatable bonds is 2. The van der Waals surface area contributed by atoms with Crippen molar-refractivity contribution in [2.45, 2.75) is 6.54 Å². The number of hydrogen-bond acceptors (Lipinski definition) is 2. The highest BCUT2D eigenvalue weighted by molar-refractivity contribution is 9.10. The molecular formula is C8H5BrClNS. The molecule has 0 atom stereocenters. The molecule has 0 saturated carbocycles. The van der Waals surface area contributed by atoms with Crippen molar-refractivity contribution in [3.05, 3.63) is 33.3 Å². The van der Waals surface area contributed by atoms with Crippen molar-refractivity contribution >= 4 is 44.9 Å². The van der Waals surface area contributed by atoms with Crippen molar-refractivity contribution in [3.8, 4) is 0 Å². The first kappa shape index (κ1) is 9.87. The van der Waals surface area contributed by atoms with Crippen LogP contribution in [0.3, 0.4) is 0 Å². The Balaban J connectivity index is 2.96. The minimum Gasteiger partial charge on any atom is -0.228 e. The SMILES string of the molecule is S=C=NCc1cc(Br)ccc1Cl. The minimum atomic E-state index is 0.488. The lowest BCUT2D eigenvalue weighted by molar-refractivity contribution is 1.08. The summed E-state index contributed by atoms with van der Waals surface area (Å²) in [6, 6.07) is 5.62. The zero-order valence-electron chi connectivity index (χ0n) is 6.05. The molecule has 0 N–H and O–H groups in total. The predicted octanol–water partition coefficient (Wildman–Crippen LogP) is 3.71. The van der Waals surface area contributed by atoms with Gasteiger partial charge in [0.25, 0.3) is 0 Å². The monoisotopic (exact) mass is 261 g/mol. The van der Waals surface area contributed by atoms with Crippen LogP contribution in [0.15, 0.2) is 27.7 Å². The van der Waals surface area contributed by atoms with Crippen molar-refractivity contribution in [2.24, 2.45) is 4.99 Å². The average molecular weight is 263 g/mol. The standard InChI is InChI=1S/C8H5BrClNS/c9-7-1-2-8(10)6(3-7)4-11-5-12/h1-3H,4H2. The van der Waals surface area contributed by atoms with E-state index in [1.165, 1.54) is 0 Å². The molecule has 0 spiro atoms. The molecule has 0 bridgehead atoms. The van der Waals surface area contributed by atoms with Crippen LogP contribution in [-0.2, 0) is 6.54 Å². The van der Waals surface area contributed by atoms with E-state index >= 15 is 0 Å². The van der Waals surface area contributed by atoms with Gasteiger partial charge in [-0.3, -0.25) is 0 Å². The Kier molecular flexibility index (Phi) is 3.89. The Morgan fingerprint density at radius 3 is 3.00 bits per heavy atom. The van der Waals surface area contributed by atoms with E-state index in [1.807, 2.05) is 18.2 Å². The Hall–Kier alpha value is -0.210. The number of halogens is 2. The largest absolute Gasteiger partial charge is 0.228 e. The van der Waals surface area contributed by atoms with Gasteiger partial charge in [-0.2, -0.15) is 0 Å². The summed E-state index contributed by atoms with van der Waals surface area (Å²) in [4.78, 5) is 3.80. The van der Waals surface area contributed by atoms with E-state index in [1.54, 1.807) is 0 Å². The maximum atomic E-state index is 5.89. The van der Waals surface area contributed by atoms with Gasteiger partial charge in [0.15, 0.2) is 0 Å². The van der Waals surface area contributed by atoms with E-state index in [9.17, 15) is 0 Å². The van der Waals surface area contributed by atoms with Crippen molar-refractivity contribution < 1.29 is 0 Å². The summed E-state index contributed by atoms with van der Waals surface area (Å²) < 4.78 is 0.987. The first-order valence-corrected chi connectivity index (χ1v) is 4.79. The van der Waals surface area contributed by atoms with E-state index in [4.69, 9.17) is 11.6 Å². The number of hydrogen-bond donors (Lipinski definition) is 0. The Bertz CT molecular complexity index is 334. The maximum absolute atomic E-state index is 5.89. The molecule has 62 valence electrons. The van der Waals surface area contributed by atoms with Gasteiger partial charge in [-0.25, -0.2) is 4.99 Å². The molecule has 1 aromatic carbocycles. The van der Waals surface area contributed by atoms with Gasteiger partial charge in [0, 0.05) is 9.50 Å². The predicted molar refractivity (Wildman–Crippen MR) is 57.9 cm³/mol. The maximum Gasteiger partial charge on any atom is 0.0758 e. The highest BCUT2D eigenvalue weighted by Crippen LogP contribution is 2.21. The Morgan fingerprint density at radius 1 is 1.58 bits per heavy atom. The molecule has 0 aliphatic rings.